The second kappa shape index (κ2) is 7.25. The molecule has 2 N–H and O–H groups in total. The molecule has 116 valence electrons. The zero-order valence-corrected chi connectivity index (χ0v) is 13.2. The van der Waals surface area contributed by atoms with Gasteiger partial charge >= 0.3 is 5.97 Å². The van der Waals surface area contributed by atoms with Crippen LogP contribution in [0.25, 0.3) is 0 Å². The van der Waals surface area contributed by atoms with E-state index in [1.807, 2.05) is 18.2 Å². The van der Waals surface area contributed by atoms with E-state index in [-0.39, 0.29) is 0 Å². The largest absolute Gasteiger partial charge is 0.481 e. The highest BCUT2D eigenvalue weighted by Gasteiger charge is 2.37. The van der Waals surface area contributed by atoms with Gasteiger partial charge in [0.25, 0.3) is 0 Å². The second-order valence-corrected chi connectivity index (χ2v) is 6.53. The monoisotopic (exact) mass is 291 g/mol. The zero-order chi connectivity index (χ0) is 16.0. The Morgan fingerprint density at radius 1 is 1.19 bits per heavy atom. The van der Waals surface area contributed by atoms with Gasteiger partial charge in [0, 0.05) is 6.54 Å². The van der Waals surface area contributed by atoms with Crippen LogP contribution in [0.4, 0.5) is 0 Å². The van der Waals surface area contributed by atoms with E-state index in [2.05, 4.69) is 24.4 Å². The van der Waals surface area contributed by atoms with Crippen LogP contribution in [-0.4, -0.2) is 23.5 Å². The number of hydrogen-bond acceptors (Lipinski definition) is 2. The van der Waals surface area contributed by atoms with Crippen molar-refractivity contribution >= 4 is 11.9 Å². The summed E-state index contributed by atoms with van der Waals surface area (Å²) < 4.78 is 0. The normalized spacial score (nSPS) is 14.3. The molecule has 21 heavy (non-hydrogen) atoms. The quantitative estimate of drug-likeness (QED) is 0.792. The number of benzene rings is 1. The smallest absolute Gasteiger partial charge is 0.316 e. The third-order valence-corrected chi connectivity index (χ3v) is 3.62. The molecule has 0 saturated carbocycles. The van der Waals surface area contributed by atoms with Gasteiger partial charge < -0.3 is 10.4 Å². The van der Waals surface area contributed by atoms with E-state index in [0.717, 1.165) is 6.42 Å². The molecule has 0 heterocycles. The third kappa shape index (κ3) is 5.21. The van der Waals surface area contributed by atoms with Crippen LogP contribution in [0.15, 0.2) is 30.3 Å². The Balaban J connectivity index is 2.51. The molecule has 0 aliphatic rings. The first kappa shape index (κ1) is 17.2. The summed E-state index contributed by atoms with van der Waals surface area (Å²) in [5.74, 6) is -2.18. The molecule has 1 rings (SSSR count). The first-order valence-electron chi connectivity index (χ1n) is 7.29. The van der Waals surface area contributed by atoms with Crippen molar-refractivity contribution in [2.24, 2.45) is 11.3 Å². The summed E-state index contributed by atoms with van der Waals surface area (Å²) in [5.41, 5.74) is 0.624. The van der Waals surface area contributed by atoms with Gasteiger partial charge in [-0.2, -0.15) is 0 Å². The number of amides is 1. The lowest BCUT2D eigenvalue weighted by molar-refractivity contribution is -0.151. The van der Waals surface area contributed by atoms with Crippen molar-refractivity contribution in [1.29, 1.82) is 0 Å². The molecular formula is C17H25NO3. The van der Waals surface area contributed by atoms with E-state index in [9.17, 15) is 14.7 Å². The molecule has 0 spiro atoms. The Morgan fingerprint density at radius 3 is 2.24 bits per heavy atom. The fourth-order valence-electron chi connectivity index (χ4n) is 2.34. The van der Waals surface area contributed by atoms with Crippen molar-refractivity contribution in [1.82, 2.24) is 5.32 Å². The topological polar surface area (TPSA) is 66.4 Å². The SMILES string of the molecule is CC(CCNC(=O)C(C(=O)O)C(C)(C)C)c1ccccc1. The molecule has 0 bridgehead atoms. The molecule has 4 heteroatoms. The first-order chi connectivity index (χ1) is 9.73. The van der Waals surface area contributed by atoms with Crippen molar-refractivity contribution in [3.05, 3.63) is 35.9 Å². The van der Waals surface area contributed by atoms with Gasteiger partial charge in [0.15, 0.2) is 0 Å². The van der Waals surface area contributed by atoms with Crippen LogP contribution in [0, 0.1) is 11.3 Å². The predicted molar refractivity (Wildman–Crippen MR) is 83.1 cm³/mol. The van der Waals surface area contributed by atoms with Crippen LogP contribution in [0.5, 0.6) is 0 Å². The maximum Gasteiger partial charge on any atom is 0.316 e. The number of aliphatic carboxylic acids is 1. The van der Waals surface area contributed by atoms with Crippen LogP contribution in [-0.2, 0) is 9.59 Å². The predicted octanol–water partition coefficient (Wildman–Crippen LogP) is 3.04. The summed E-state index contributed by atoms with van der Waals surface area (Å²) in [6.45, 7) is 7.86. The Bertz CT molecular complexity index is 477. The fourth-order valence-corrected chi connectivity index (χ4v) is 2.34. The van der Waals surface area contributed by atoms with Crippen LogP contribution in [0.3, 0.4) is 0 Å². The molecule has 0 saturated heterocycles. The highest BCUT2D eigenvalue weighted by Crippen LogP contribution is 2.26. The number of rotatable bonds is 6. The molecule has 0 aliphatic heterocycles. The van der Waals surface area contributed by atoms with E-state index >= 15 is 0 Å². The molecule has 2 unspecified atom stereocenters. The minimum Gasteiger partial charge on any atom is -0.481 e. The second-order valence-electron chi connectivity index (χ2n) is 6.53. The van der Waals surface area contributed by atoms with Gasteiger partial charge in [-0.05, 0) is 23.3 Å². The Hall–Kier alpha value is -1.84. The van der Waals surface area contributed by atoms with Crippen LogP contribution in [0.1, 0.15) is 45.6 Å². The summed E-state index contributed by atoms with van der Waals surface area (Å²) in [6, 6.07) is 10.1. The Labute approximate surface area is 126 Å². The van der Waals surface area contributed by atoms with Gasteiger partial charge in [0.1, 0.15) is 5.92 Å². The fraction of sp³-hybridized carbons (Fsp3) is 0.529. The summed E-state index contributed by atoms with van der Waals surface area (Å²) in [4.78, 5) is 23.3. The molecule has 0 aromatic heterocycles. The minimum absolute atomic E-state index is 0.324. The maximum absolute atomic E-state index is 12.1. The molecule has 0 aliphatic carbocycles. The average molecular weight is 291 g/mol. The molecule has 1 amide bonds. The first-order valence-corrected chi connectivity index (χ1v) is 7.29. The third-order valence-electron chi connectivity index (χ3n) is 3.62. The maximum atomic E-state index is 12.1. The highest BCUT2D eigenvalue weighted by molar-refractivity contribution is 5.97. The molecule has 1 aromatic rings. The van der Waals surface area contributed by atoms with Crippen molar-refractivity contribution in [2.45, 2.75) is 40.0 Å². The Morgan fingerprint density at radius 2 is 1.76 bits per heavy atom. The van der Waals surface area contributed by atoms with Gasteiger partial charge in [-0.1, -0.05) is 58.0 Å². The minimum atomic E-state index is -1.07. The highest BCUT2D eigenvalue weighted by atomic mass is 16.4. The van der Waals surface area contributed by atoms with Crippen LogP contribution < -0.4 is 5.32 Å². The number of carbonyl (C=O) groups is 2. The van der Waals surface area contributed by atoms with E-state index in [0.29, 0.717) is 12.5 Å². The van der Waals surface area contributed by atoms with Crippen LogP contribution in [0.2, 0.25) is 0 Å². The number of carbonyl (C=O) groups excluding carboxylic acids is 1. The van der Waals surface area contributed by atoms with Crippen molar-refractivity contribution in [3.8, 4) is 0 Å². The average Bonchev–Trinajstić information content (AvgIpc) is 2.37. The molecule has 0 radical (unpaired) electrons. The van der Waals surface area contributed by atoms with E-state index in [1.54, 1.807) is 20.8 Å². The van der Waals surface area contributed by atoms with Gasteiger partial charge in [0.05, 0.1) is 0 Å². The van der Waals surface area contributed by atoms with Crippen molar-refractivity contribution in [2.75, 3.05) is 6.54 Å². The summed E-state index contributed by atoms with van der Waals surface area (Å²) in [5, 5.41) is 12.0. The van der Waals surface area contributed by atoms with Gasteiger partial charge in [-0.3, -0.25) is 9.59 Å². The van der Waals surface area contributed by atoms with Crippen molar-refractivity contribution < 1.29 is 14.7 Å². The van der Waals surface area contributed by atoms with E-state index in [4.69, 9.17) is 0 Å². The molecule has 0 fully saturated rings. The molecular weight excluding hydrogens is 266 g/mol. The van der Waals surface area contributed by atoms with Crippen molar-refractivity contribution in [3.63, 3.8) is 0 Å². The summed E-state index contributed by atoms with van der Waals surface area (Å²) in [6.07, 6.45) is 0.784. The lowest BCUT2D eigenvalue weighted by Gasteiger charge is -2.26. The number of carboxylic acids is 1. The Kier molecular flexibility index (Phi) is 5.94. The van der Waals surface area contributed by atoms with E-state index < -0.39 is 23.2 Å². The summed E-state index contributed by atoms with van der Waals surface area (Å²) in [7, 11) is 0. The molecule has 1 aromatic carbocycles. The lowest BCUT2D eigenvalue weighted by Crippen LogP contribution is -2.43. The molecule has 2 atom stereocenters. The van der Waals surface area contributed by atoms with E-state index in [1.165, 1.54) is 5.56 Å². The number of hydrogen-bond donors (Lipinski definition) is 2. The lowest BCUT2D eigenvalue weighted by atomic mass is 9.80. The number of carboxylic acid groups (broad SMARTS) is 1. The summed E-state index contributed by atoms with van der Waals surface area (Å²) >= 11 is 0. The van der Waals surface area contributed by atoms with Gasteiger partial charge in [-0.15, -0.1) is 0 Å². The van der Waals surface area contributed by atoms with Gasteiger partial charge in [-0.25, -0.2) is 0 Å². The zero-order valence-electron chi connectivity index (χ0n) is 13.2. The number of nitrogens with one attached hydrogen (secondary N) is 1. The van der Waals surface area contributed by atoms with Crippen LogP contribution >= 0.6 is 0 Å². The van der Waals surface area contributed by atoms with Gasteiger partial charge in [0.2, 0.25) is 5.91 Å². The molecule has 4 nitrogen and oxygen atoms in total. The standard InChI is InChI=1S/C17H25NO3/c1-12(13-8-6-5-7-9-13)10-11-18-15(19)14(16(20)21)17(2,3)4/h5-9,12,14H,10-11H2,1-4H3,(H,18,19)(H,20,21).